The number of hydrogen-bond acceptors (Lipinski definition) is 12. The highest BCUT2D eigenvalue weighted by Gasteiger charge is 2.44. The van der Waals surface area contributed by atoms with E-state index in [0.717, 1.165) is 0 Å². The van der Waals surface area contributed by atoms with Gasteiger partial charge in [-0.05, 0) is 80.1 Å². The van der Waals surface area contributed by atoms with Gasteiger partial charge in [0.1, 0.15) is 17.6 Å². The third-order valence-electron chi connectivity index (χ3n) is 8.84. The van der Waals surface area contributed by atoms with Crippen LogP contribution in [-0.4, -0.2) is 92.3 Å². The maximum atomic E-state index is 13.8. The first-order chi connectivity index (χ1) is 25.7. The predicted octanol–water partition coefficient (Wildman–Crippen LogP) is 5.32. The van der Waals surface area contributed by atoms with Crippen molar-refractivity contribution < 1.29 is 56.0 Å². The summed E-state index contributed by atoms with van der Waals surface area (Å²) in [5.41, 5.74) is 1.24. The number of rotatable bonds is 19. The molecule has 54 heavy (non-hydrogen) atoms. The van der Waals surface area contributed by atoms with Gasteiger partial charge in [0.25, 0.3) is 0 Å². The van der Waals surface area contributed by atoms with Crippen LogP contribution in [0, 0.1) is 11.8 Å². The van der Waals surface area contributed by atoms with Crippen LogP contribution >= 0.6 is 7.60 Å². The van der Waals surface area contributed by atoms with Crippen molar-refractivity contribution in [2.45, 2.75) is 82.7 Å². The van der Waals surface area contributed by atoms with Gasteiger partial charge in [-0.25, -0.2) is 17.8 Å². The fourth-order valence-corrected chi connectivity index (χ4v) is 9.42. The molecule has 3 aromatic rings. The Labute approximate surface area is 317 Å². The fraction of sp³-hybridized carbons (Fsp3) is 0.500. The number of carbonyl (C=O) groups is 1. The number of ether oxygens (including phenoxy) is 4. The van der Waals surface area contributed by atoms with Gasteiger partial charge >= 0.3 is 13.7 Å². The standard InChI is InChI=1S/C38H51N2O12PS/c1-26(2)21-40(54(45,46)32-16-12-29(23-41)13-17-32)22-35(42)34(39-38(43)50-36-24-48-37-33(36)18-19-47-37)20-28-10-14-30(15-11-28)49-25-53(44,51-27(3)4)52-31-8-6-5-7-9-31/h5-17,26-27,33-37,41-42H,18-25H2,1-4H3,(H,39,43)/t33-,34-,35+,36-,37+,53?/m0/s1. The number of benzene rings is 3. The zero-order chi connectivity index (χ0) is 38.9. The molecule has 6 atom stereocenters. The van der Waals surface area contributed by atoms with E-state index in [-0.39, 0.29) is 61.9 Å². The number of aliphatic hydroxyl groups excluding tert-OH is 2. The second-order valence-electron chi connectivity index (χ2n) is 14.1. The fourth-order valence-electron chi connectivity index (χ4n) is 6.25. The van der Waals surface area contributed by atoms with Gasteiger partial charge in [0.15, 0.2) is 6.29 Å². The van der Waals surface area contributed by atoms with E-state index >= 15 is 0 Å². The highest BCUT2D eigenvalue weighted by atomic mass is 32.2. The molecule has 0 bridgehead atoms. The molecule has 3 aromatic carbocycles. The Morgan fingerprint density at radius 1 is 0.944 bits per heavy atom. The molecule has 2 heterocycles. The molecule has 0 radical (unpaired) electrons. The SMILES string of the molecule is CC(C)CN(C[C@@H](O)[C@H](Cc1ccc(OCP(=O)(Oc2ccccc2)OC(C)C)cc1)NC(=O)O[C@H]1CO[C@H]2OCC[C@H]21)S(=O)(=O)c1ccc(CO)cc1. The van der Waals surface area contributed by atoms with E-state index < -0.39 is 48.3 Å². The molecule has 16 heteroatoms. The van der Waals surface area contributed by atoms with Crippen molar-refractivity contribution in [1.29, 1.82) is 0 Å². The average molecular weight is 791 g/mol. The van der Waals surface area contributed by atoms with Gasteiger partial charge in [-0.15, -0.1) is 0 Å². The topological polar surface area (TPSA) is 179 Å². The lowest BCUT2D eigenvalue weighted by Gasteiger charge is -2.31. The molecule has 14 nitrogen and oxygen atoms in total. The number of alkyl carbamates (subject to hydrolysis) is 1. The minimum absolute atomic E-state index is 0.0131. The molecule has 0 aromatic heterocycles. The first-order valence-corrected chi connectivity index (χ1v) is 21.2. The van der Waals surface area contributed by atoms with Gasteiger partial charge in [0.2, 0.25) is 16.4 Å². The Kier molecular flexibility index (Phi) is 14.6. The molecular weight excluding hydrogens is 739 g/mol. The van der Waals surface area contributed by atoms with Crippen molar-refractivity contribution in [1.82, 2.24) is 9.62 Å². The molecule has 296 valence electrons. The maximum Gasteiger partial charge on any atom is 0.416 e. The van der Waals surface area contributed by atoms with Gasteiger partial charge in [0, 0.05) is 13.1 Å². The van der Waals surface area contributed by atoms with E-state index in [1.165, 1.54) is 28.6 Å². The summed E-state index contributed by atoms with van der Waals surface area (Å²) in [6.45, 7) is 7.45. The summed E-state index contributed by atoms with van der Waals surface area (Å²) < 4.78 is 76.5. The molecule has 1 amide bonds. The van der Waals surface area contributed by atoms with E-state index in [0.29, 0.717) is 35.7 Å². The van der Waals surface area contributed by atoms with Crippen molar-refractivity contribution in [2.75, 3.05) is 32.7 Å². The van der Waals surface area contributed by atoms with Gasteiger partial charge in [-0.2, -0.15) is 4.31 Å². The van der Waals surface area contributed by atoms with Crippen molar-refractivity contribution >= 4 is 23.7 Å². The number of nitrogens with one attached hydrogen (secondary N) is 1. The minimum atomic E-state index is -4.07. The summed E-state index contributed by atoms with van der Waals surface area (Å²) in [7, 11) is -7.78. The van der Waals surface area contributed by atoms with E-state index in [9.17, 15) is 28.0 Å². The van der Waals surface area contributed by atoms with Crippen LogP contribution < -0.4 is 14.6 Å². The van der Waals surface area contributed by atoms with Crippen LogP contribution in [0.4, 0.5) is 4.79 Å². The number of carbonyl (C=O) groups excluding carboxylic acids is 1. The second-order valence-corrected chi connectivity index (χ2v) is 17.9. The Balaban J connectivity index is 1.31. The molecule has 2 aliphatic heterocycles. The van der Waals surface area contributed by atoms with E-state index in [4.69, 9.17) is 28.0 Å². The van der Waals surface area contributed by atoms with Crippen LogP contribution in [0.1, 0.15) is 45.2 Å². The number of fused-ring (bicyclic) bond motifs is 1. The number of nitrogens with zero attached hydrogens (tertiary/aromatic N) is 1. The molecule has 0 spiro atoms. The quantitative estimate of drug-likeness (QED) is 0.133. The molecule has 3 N–H and O–H groups in total. The summed E-state index contributed by atoms with van der Waals surface area (Å²) in [6, 6.07) is 20.4. The molecule has 1 unspecified atom stereocenters. The van der Waals surface area contributed by atoms with Gasteiger partial charge in [-0.1, -0.05) is 56.3 Å². The Morgan fingerprint density at radius 2 is 1.63 bits per heavy atom. The maximum absolute atomic E-state index is 13.8. The van der Waals surface area contributed by atoms with Gasteiger partial charge in [0.05, 0.1) is 48.9 Å². The smallest absolute Gasteiger partial charge is 0.416 e. The van der Waals surface area contributed by atoms with Crippen LogP contribution in [0.15, 0.2) is 83.8 Å². The minimum Gasteiger partial charge on any atom is -0.480 e. The Hall–Kier alpha value is -3.53. The van der Waals surface area contributed by atoms with Crippen molar-refractivity contribution in [3.8, 4) is 11.5 Å². The zero-order valence-electron chi connectivity index (χ0n) is 31.0. The summed E-state index contributed by atoms with van der Waals surface area (Å²) in [5, 5.41) is 23.9. The van der Waals surface area contributed by atoms with Gasteiger partial charge < -0.3 is 39.0 Å². The normalized spacial score (nSPS) is 20.7. The van der Waals surface area contributed by atoms with E-state index in [1.807, 2.05) is 19.9 Å². The third-order valence-corrected chi connectivity index (χ3v) is 12.4. The first kappa shape index (κ1) is 41.6. The molecule has 0 saturated carbocycles. The molecule has 2 fully saturated rings. The number of aliphatic hydroxyl groups is 2. The number of sulfonamides is 1. The summed E-state index contributed by atoms with van der Waals surface area (Å²) in [6.07, 6.45) is -3.07. The first-order valence-electron chi connectivity index (χ1n) is 18.1. The van der Waals surface area contributed by atoms with Crippen LogP contribution in [0.3, 0.4) is 0 Å². The second kappa shape index (κ2) is 18.9. The van der Waals surface area contributed by atoms with Crippen LogP contribution in [-0.2, 0) is 46.4 Å². The predicted molar refractivity (Wildman–Crippen MR) is 199 cm³/mol. The Bertz CT molecular complexity index is 1790. The van der Waals surface area contributed by atoms with E-state index in [1.54, 1.807) is 62.4 Å². The Morgan fingerprint density at radius 3 is 2.28 bits per heavy atom. The molecule has 2 saturated heterocycles. The average Bonchev–Trinajstić information content (AvgIpc) is 3.76. The summed E-state index contributed by atoms with van der Waals surface area (Å²) in [5.74, 6) is 0.571. The monoisotopic (exact) mass is 790 g/mol. The number of para-hydroxylation sites is 1. The lowest BCUT2D eigenvalue weighted by molar-refractivity contribution is -0.0907. The van der Waals surface area contributed by atoms with Crippen molar-refractivity contribution in [3.63, 3.8) is 0 Å². The highest BCUT2D eigenvalue weighted by Crippen LogP contribution is 2.49. The largest absolute Gasteiger partial charge is 0.480 e. The van der Waals surface area contributed by atoms with Crippen molar-refractivity contribution in [3.05, 3.63) is 90.0 Å². The highest BCUT2D eigenvalue weighted by molar-refractivity contribution is 7.89. The van der Waals surface area contributed by atoms with Crippen LogP contribution in [0.2, 0.25) is 0 Å². The zero-order valence-corrected chi connectivity index (χ0v) is 32.7. The molecule has 5 rings (SSSR count). The summed E-state index contributed by atoms with van der Waals surface area (Å²) >= 11 is 0. The van der Waals surface area contributed by atoms with Crippen LogP contribution in [0.25, 0.3) is 0 Å². The van der Waals surface area contributed by atoms with E-state index in [2.05, 4.69) is 5.32 Å². The third kappa shape index (κ3) is 11.5. The molecule has 2 aliphatic rings. The lowest BCUT2D eigenvalue weighted by Crippen LogP contribution is -2.51. The van der Waals surface area contributed by atoms with Gasteiger partial charge in [-0.3, -0.25) is 4.52 Å². The number of amides is 1. The number of hydrogen-bond donors (Lipinski definition) is 3. The lowest BCUT2D eigenvalue weighted by atomic mass is 10.0. The molecule has 0 aliphatic carbocycles. The van der Waals surface area contributed by atoms with Crippen LogP contribution in [0.5, 0.6) is 11.5 Å². The summed E-state index contributed by atoms with van der Waals surface area (Å²) in [4.78, 5) is 13.3. The molecular formula is C38H51N2O12PS. The van der Waals surface area contributed by atoms with Crippen molar-refractivity contribution in [2.24, 2.45) is 11.8 Å².